The molecule has 206 valence electrons. The third-order valence-corrected chi connectivity index (χ3v) is 7.67. The van der Waals surface area contributed by atoms with Crippen LogP contribution in [0.15, 0.2) is 54.7 Å². The van der Waals surface area contributed by atoms with Gasteiger partial charge in [0.1, 0.15) is 23.7 Å². The molecular formula is C31H31ClN4O4. The van der Waals surface area contributed by atoms with Gasteiger partial charge in [0.05, 0.1) is 12.1 Å². The fourth-order valence-corrected chi connectivity index (χ4v) is 5.16. The number of benzene rings is 2. The molecule has 9 heteroatoms. The van der Waals surface area contributed by atoms with Crippen molar-refractivity contribution in [3.63, 3.8) is 0 Å². The Morgan fingerprint density at radius 3 is 2.55 bits per heavy atom. The zero-order chi connectivity index (χ0) is 28.4. The molecule has 0 fully saturated rings. The van der Waals surface area contributed by atoms with E-state index in [0.29, 0.717) is 25.3 Å². The van der Waals surface area contributed by atoms with Crippen molar-refractivity contribution in [1.82, 2.24) is 19.7 Å². The normalized spacial score (nSPS) is 11.2. The van der Waals surface area contributed by atoms with Gasteiger partial charge in [0, 0.05) is 46.5 Å². The highest BCUT2D eigenvalue weighted by molar-refractivity contribution is 6.32. The molecule has 0 saturated heterocycles. The second-order valence-electron chi connectivity index (χ2n) is 9.82. The van der Waals surface area contributed by atoms with Crippen molar-refractivity contribution in [2.75, 3.05) is 6.61 Å². The van der Waals surface area contributed by atoms with Crippen LogP contribution in [0.1, 0.15) is 45.0 Å². The molecule has 0 saturated carbocycles. The number of para-hydroxylation sites is 1. The van der Waals surface area contributed by atoms with E-state index in [1.807, 2.05) is 75.0 Å². The van der Waals surface area contributed by atoms with Gasteiger partial charge < -0.3 is 19.6 Å². The Kier molecular flexibility index (Phi) is 7.80. The number of H-pyrrole nitrogens is 1. The average molecular weight is 559 g/mol. The standard InChI is InChI=1S/C31H31ClN4O4/c1-18-15-21(16-19(2)28(18)32)39-14-8-11-23-22-9-7-10-24(29(22)34-30(23)31(37)38)27-20(3)36(4)35-25(27)17-40-26-12-5-6-13-33-26/h5-7,9-10,12-13,15-16,34H,8,11,14,17H2,1-4H3,(H,37,38). The Morgan fingerprint density at radius 2 is 1.85 bits per heavy atom. The van der Waals surface area contributed by atoms with Gasteiger partial charge in [0.15, 0.2) is 0 Å². The molecular weight excluding hydrogens is 528 g/mol. The summed E-state index contributed by atoms with van der Waals surface area (Å²) in [5.74, 6) is 0.270. The van der Waals surface area contributed by atoms with Crippen molar-refractivity contribution in [2.45, 2.75) is 40.2 Å². The third kappa shape index (κ3) is 5.40. The van der Waals surface area contributed by atoms with E-state index < -0.39 is 5.97 Å². The summed E-state index contributed by atoms with van der Waals surface area (Å²) in [6.07, 6.45) is 2.86. The second kappa shape index (κ2) is 11.4. The predicted octanol–water partition coefficient (Wildman–Crippen LogP) is 6.83. The van der Waals surface area contributed by atoms with Crippen molar-refractivity contribution in [3.8, 4) is 22.8 Å². The van der Waals surface area contributed by atoms with Crippen molar-refractivity contribution in [3.05, 3.63) is 93.5 Å². The van der Waals surface area contributed by atoms with Crippen molar-refractivity contribution >= 4 is 28.5 Å². The molecule has 8 nitrogen and oxygen atoms in total. The monoisotopic (exact) mass is 558 g/mol. The first kappa shape index (κ1) is 27.3. The van der Waals surface area contributed by atoms with E-state index in [2.05, 4.69) is 15.1 Å². The van der Waals surface area contributed by atoms with Gasteiger partial charge in [-0.2, -0.15) is 5.10 Å². The van der Waals surface area contributed by atoms with Gasteiger partial charge in [-0.3, -0.25) is 4.68 Å². The van der Waals surface area contributed by atoms with Crippen LogP contribution in [-0.4, -0.2) is 37.4 Å². The predicted molar refractivity (Wildman–Crippen MR) is 156 cm³/mol. The first-order valence-electron chi connectivity index (χ1n) is 13.1. The van der Waals surface area contributed by atoms with Crippen LogP contribution in [-0.2, 0) is 20.1 Å². The maximum absolute atomic E-state index is 12.3. The topological polar surface area (TPSA) is 102 Å². The lowest BCUT2D eigenvalue weighted by Crippen LogP contribution is -2.04. The number of aromatic nitrogens is 4. The van der Waals surface area contributed by atoms with Crippen LogP contribution in [0.4, 0.5) is 0 Å². The summed E-state index contributed by atoms with van der Waals surface area (Å²) >= 11 is 6.27. The van der Waals surface area contributed by atoms with Gasteiger partial charge in [0.25, 0.3) is 0 Å². The number of ether oxygens (including phenoxy) is 2. The highest BCUT2D eigenvalue weighted by Gasteiger charge is 2.23. The number of carbonyl (C=O) groups is 1. The van der Waals surface area contributed by atoms with Crippen LogP contribution in [0.25, 0.3) is 22.0 Å². The first-order valence-corrected chi connectivity index (χ1v) is 13.5. The summed E-state index contributed by atoms with van der Waals surface area (Å²) < 4.78 is 13.7. The summed E-state index contributed by atoms with van der Waals surface area (Å²) in [6, 6.07) is 15.2. The molecule has 2 aromatic carbocycles. The lowest BCUT2D eigenvalue weighted by atomic mass is 9.98. The van der Waals surface area contributed by atoms with Crippen molar-refractivity contribution in [1.29, 1.82) is 0 Å². The number of nitrogens with zero attached hydrogens (tertiary/aromatic N) is 3. The number of fused-ring (bicyclic) bond motifs is 1. The summed E-state index contributed by atoms with van der Waals surface area (Å²) in [4.78, 5) is 19.7. The Morgan fingerprint density at radius 1 is 1.07 bits per heavy atom. The number of rotatable bonds is 10. The minimum absolute atomic E-state index is 0.188. The van der Waals surface area contributed by atoms with Crippen LogP contribution in [0.5, 0.6) is 11.6 Å². The molecule has 2 N–H and O–H groups in total. The zero-order valence-electron chi connectivity index (χ0n) is 22.9. The van der Waals surface area contributed by atoms with Crippen molar-refractivity contribution < 1.29 is 19.4 Å². The molecule has 0 bridgehead atoms. The van der Waals surface area contributed by atoms with E-state index in [1.165, 1.54) is 0 Å². The van der Waals surface area contributed by atoms with Gasteiger partial charge in [-0.1, -0.05) is 35.9 Å². The van der Waals surface area contributed by atoms with E-state index in [0.717, 1.165) is 60.9 Å². The fraction of sp³-hybridized carbons (Fsp3) is 0.258. The van der Waals surface area contributed by atoms with E-state index in [-0.39, 0.29) is 12.3 Å². The number of halogens is 1. The largest absolute Gasteiger partial charge is 0.494 e. The number of aromatic carboxylic acids is 1. The Balaban J connectivity index is 1.43. The van der Waals surface area contributed by atoms with Gasteiger partial charge in [-0.15, -0.1) is 0 Å². The van der Waals surface area contributed by atoms with Gasteiger partial charge in [-0.25, -0.2) is 9.78 Å². The zero-order valence-corrected chi connectivity index (χ0v) is 23.7. The molecule has 5 rings (SSSR count). The quantitative estimate of drug-likeness (QED) is 0.182. The number of carboxylic acid groups (broad SMARTS) is 1. The Labute approximate surface area is 237 Å². The maximum atomic E-state index is 12.3. The van der Waals surface area contributed by atoms with Crippen LogP contribution in [0.2, 0.25) is 5.02 Å². The van der Waals surface area contributed by atoms with E-state index in [1.54, 1.807) is 12.3 Å². The van der Waals surface area contributed by atoms with Gasteiger partial charge in [0.2, 0.25) is 5.88 Å². The third-order valence-electron chi connectivity index (χ3n) is 7.08. The minimum Gasteiger partial charge on any atom is -0.494 e. The number of hydrogen-bond acceptors (Lipinski definition) is 5. The lowest BCUT2D eigenvalue weighted by Gasteiger charge is -2.10. The average Bonchev–Trinajstić information content (AvgIpc) is 3.45. The molecule has 40 heavy (non-hydrogen) atoms. The highest BCUT2D eigenvalue weighted by atomic mass is 35.5. The summed E-state index contributed by atoms with van der Waals surface area (Å²) in [5.41, 5.74) is 7.10. The van der Waals surface area contributed by atoms with E-state index >= 15 is 0 Å². The maximum Gasteiger partial charge on any atom is 0.352 e. The fourth-order valence-electron chi connectivity index (χ4n) is 5.06. The summed E-state index contributed by atoms with van der Waals surface area (Å²) in [5, 5.41) is 16.4. The molecule has 0 amide bonds. The van der Waals surface area contributed by atoms with Crippen LogP contribution >= 0.6 is 11.6 Å². The molecule has 3 aromatic heterocycles. The van der Waals surface area contributed by atoms with Gasteiger partial charge in [-0.05, 0) is 68.5 Å². The molecule has 0 aliphatic carbocycles. The molecule has 0 spiro atoms. The van der Waals surface area contributed by atoms with Crippen molar-refractivity contribution in [2.24, 2.45) is 7.05 Å². The molecule has 0 aliphatic rings. The first-order chi connectivity index (χ1) is 19.2. The van der Waals surface area contributed by atoms with E-state index in [9.17, 15) is 9.90 Å². The molecule has 0 unspecified atom stereocenters. The molecule has 0 radical (unpaired) electrons. The lowest BCUT2D eigenvalue weighted by molar-refractivity contribution is 0.0690. The Bertz CT molecular complexity index is 1670. The number of aromatic amines is 1. The highest BCUT2D eigenvalue weighted by Crippen LogP contribution is 2.36. The number of nitrogens with one attached hydrogen (secondary N) is 1. The molecule has 3 heterocycles. The number of pyridine rings is 1. The number of aryl methyl sites for hydroxylation is 4. The van der Waals surface area contributed by atoms with E-state index in [4.69, 9.17) is 21.1 Å². The SMILES string of the molecule is Cc1cc(OCCCc2c(C(=O)O)[nH]c3c(-c4c(COc5ccccn5)nn(C)c4C)cccc23)cc(C)c1Cl. The molecule has 0 atom stereocenters. The summed E-state index contributed by atoms with van der Waals surface area (Å²) in [6.45, 7) is 6.56. The summed E-state index contributed by atoms with van der Waals surface area (Å²) in [7, 11) is 1.88. The number of carboxylic acids is 1. The van der Waals surface area contributed by atoms with Crippen LogP contribution in [0.3, 0.4) is 0 Å². The van der Waals surface area contributed by atoms with Crippen LogP contribution < -0.4 is 9.47 Å². The second-order valence-corrected chi connectivity index (χ2v) is 10.2. The van der Waals surface area contributed by atoms with Gasteiger partial charge >= 0.3 is 5.97 Å². The smallest absolute Gasteiger partial charge is 0.352 e. The van der Waals surface area contributed by atoms with Crippen LogP contribution in [0, 0.1) is 20.8 Å². The Hall–Kier alpha value is -4.30. The number of hydrogen-bond donors (Lipinski definition) is 2. The minimum atomic E-state index is -0.997. The molecule has 5 aromatic rings. The molecule has 0 aliphatic heterocycles.